The summed E-state index contributed by atoms with van der Waals surface area (Å²) in [5, 5.41) is 9.40. The number of aliphatic hydroxyl groups excluding tert-OH is 1. The molecule has 0 aliphatic carbocycles. The molecular formula is C14H23N3O. The van der Waals surface area contributed by atoms with E-state index in [1.165, 1.54) is 0 Å². The zero-order chi connectivity index (χ0) is 13.5. The van der Waals surface area contributed by atoms with Gasteiger partial charge in [0.2, 0.25) is 0 Å². The molecule has 0 radical (unpaired) electrons. The molecule has 0 aromatic carbocycles. The van der Waals surface area contributed by atoms with Crippen molar-refractivity contribution >= 4 is 5.82 Å². The zero-order valence-corrected chi connectivity index (χ0v) is 11.9. The maximum Gasteiger partial charge on any atom is 0.133 e. The van der Waals surface area contributed by atoms with Crippen molar-refractivity contribution in [2.45, 2.75) is 52.1 Å². The van der Waals surface area contributed by atoms with Crippen molar-refractivity contribution in [3.05, 3.63) is 17.6 Å². The van der Waals surface area contributed by atoms with E-state index in [0.29, 0.717) is 19.0 Å². The summed E-state index contributed by atoms with van der Waals surface area (Å²) < 4.78 is 0. The van der Waals surface area contributed by atoms with E-state index in [0.717, 1.165) is 17.3 Å². The molecule has 1 fully saturated rings. The lowest BCUT2D eigenvalue weighted by Gasteiger charge is -2.37. The van der Waals surface area contributed by atoms with E-state index in [4.69, 9.17) is 0 Å². The van der Waals surface area contributed by atoms with Crippen LogP contribution in [0.15, 0.2) is 6.07 Å². The molecule has 1 aromatic rings. The van der Waals surface area contributed by atoms with Crippen LogP contribution in [0.4, 0.5) is 5.82 Å². The van der Waals surface area contributed by atoms with Crippen LogP contribution in [0.3, 0.4) is 0 Å². The van der Waals surface area contributed by atoms with Gasteiger partial charge in [0, 0.05) is 30.5 Å². The van der Waals surface area contributed by atoms with Gasteiger partial charge in [-0.2, -0.15) is 0 Å². The highest BCUT2D eigenvalue weighted by Gasteiger charge is 2.28. The Morgan fingerprint density at radius 1 is 1.28 bits per heavy atom. The van der Waals surface area contributed by atoms with Crippen molar-refractivity contribution in [3.8, 4) is 0 Å². The SMILES string of the molecule is CC(C)c1nc(N2CC(O)C2)cc(C(C)(C)C)n1. The van der Waals surface area contributed by atoms with Gasteiger partial charge in [-0.1, -0.05) is 34.6 Å². The van der Waals surface area contributed by atoms with E-state index in [1.807, 2.05) is 0 Å². The molecule has 18 heavy (non-hydrogen) atoms. The lowest BCUT2D eigenvalue weighted by molar-refractivity contribution is 0.141. The van der Waals surface area contributed by atoms with E-state index in [2.05, 4.69) is 55.6 Å². The lowest BCUT2D eigenvalue weighted by atomic mass is 9.91. The second kappa shape index (κ2) is 4.50. The molecule has 0 unspecified atom stereocenters. The maximum atomic E-state index is 9.40. The van der Waals surface area contributed by atoms with E-state index >= 15 is 0 Å². The second-order valence-corrected chi connectivity index (χ2v) is 6.43. The fourth-order valence-electron chi connectivity index (χ4n) is 1.90. The quantitative estimate of drug-likeness (QED) is 0.872. The fraction of sp³-hybridized carbons (Fsp3) is 0.714. The van der Waals surface area contributed by atoms with Crippen LogP contribution in [-0.4, -0.2) is 34.3 Å². The molecule has 2 rings (SSSR count). The summed E-state index contributed by atoms with van der Waals surface area (Å²) in [5.74, 6) is 2.15. The van der Waals surface area contributed by atoms with Crippen molar-refractivity contribution < 1.29 is 5.11 Å². The number of aliphatic hydroxyl groups is 1. The molecule has 1 aliphatic heterocycles. The molecule has 100 valence electrons. The molecule has 0 bridgehead atoms. The van der Waals surface area contributed by atoms with Crippen molar-refractivity contribution in [2.75, 3.05) is 18.0 Å². The summed E-state index contributed by atoms with van der Waals surface area (Å²) in [7, 11) is 0. The van der Waals surface area contributed by atoms with Crippen molar-refractivity contribution in [2.24, 2.45) is 0 Å². The Morgan fingerprint density at radius 3 is 2.33 bits per heavy atom. The van der Waals surface area contributed by atoms with Gasteiger partial charge in [0.15, 0.2) is 0 Å². The van der Waals surface area contributed by atoms with Gasteiger partial charge in [-0.25, -0.2) is 9.97 Å². The number of rotatable bonds is 2. The predicted molar refractivity (Wildman–Crippen MR) is 73.0 cm³/mol. The topological polar surface area (TPSA) is 49.2 Å². The largest absolute Gasteiger partial charge is 0.389 e. The van der Waals surface area contributed by atoms with E-state index in [1.54, 1.807) is 0 Å². The molecule has 0 spiro atoms. The minimum Gasteiger partial charge on any atom is -0.389 e. The summed E-state index contributed by atoms with van der Waals surface area (Å²) in [6.45, 7) is 12.1. The summed E-state index contributed by atoms with van der Waals surface area (Å²) in [6.07, 6.45) is -0.208. The third-order valence-electron chi connectivity index (χ3n) is 3.20. The first-order valence-electron chi connectivity index (χ1n) is 6.60. The van der Waals surface area contributed by atoms with Gasteiger partial charge in [0.25, 0.3) is 0 Å². The van der Waals surface area contributed by atoms with Crippen LogP contribution >= 0.6 is 0 Å². The van der Waals surface area contributed by atoms with E-state index in [9.17, 15) is 5.11 Å². The Bertz CT molecular complexity index is 431. The lowest BCUT2D eigenvalue weighted by Crippen LogP contribution is -2.51. The first-order chi connectivity index (χ1) is 8.27. The minimum absolute atomic E-state index is 0.0187. The molecule has 0 amide bonds. The zero-order valence-electron chi connectivity index (χ0n) is 11.9. The highest BCUT2D eigenvalue weighted by atomic mass is 16.3. The smallest absolute Gasteiger partial charge is 0.133 e. The fourth-order valence-corrected chi connectivity index (χ4v) is 1.90. The molecule has 1 saturated heterocycles. The first-order valence-corrected chi connectivity index (χ1v) is 6.60. The number of anilines is 1. The Hall–Kier alpha value is -1.16. The van der Waals surface area contributed by atoms with Crippen LogP contribution in [-0.2, 0) is 5.41 Å². The molecule has 0 saturated carbocycles. The number of aromatic nitrogens is 2. The Labute approximate surface area is 109 Å². The van der Waals surface area contributed by atoms with Crippen molar-refractivity contribution in [3.63, 3.8) is 0 Å². The van der Waals surface area contributed by atoms with Crippen LogP contribution in [0.25, 0.3) is 0 Å². The van der Waals surface area contributed by atoms with Gasteiger partial charge < -0.3 is 10.0 Å². The van der Waals surface area contributed by atoms with Crippen LogP contribution in [0.1, 0.15) is 52.1 Å². The number of β-amino-alcohol motifs (C(OH)–C–C–N with tert-alkyl or cyclic N) is 1. The first kappa shape index (κ1) is 13.3. The molecule has 4 nitrogen and oxygen atoms in total. The Kier molecular flexibility index (Phi) is 3.32. The van der Waals surface area contributed by atoms with Crippen LogP contribution in [0, 0.1) is 0 Å². The van der Waals surface area contributed by atoms with Crippen molar-refractivity contribution in [1.82, 2.24) is 9.97 Å². The molecular weight excluding hydrogens is 226 g/mol. The number of hydrogen-bond acceptors (Lipinski definition) is 4. The Balaban J connectivity index is 2.37. The van der Waals surface area contributed by atoms with Gasteiger partial charge >= 0.3 is 0 Å². The van der Waals surface area contributed by atoms with Crippen LogP contribution in [0.2, 0.25) is 0 Å². The number of nitrogens with zero attached hydrogens (tertiary/aromatic N) is 3. The van der Waals surface area contributed by atoms with Gasteiger partial charge in [-0.15, -0.1) is 0 Å². The third-order valence-corrected chi connectivity index (χ3v) is 3.20. The average Bonchev–Trinajstić information content (AvgIpc) is 2.23. The average molecular weight is 249 g/mol. The highest BCUT2D eigenvalue weighted by molar-refractivity contribution is 5.44. The number of hydrogen-bond donors (Lipinski definition) is 1. The summed E-state index contributed by atoms with van der Waals surface area (Å²) in [5.41, 5.74) is 1.09. The normalized spacial score (nSPS) is 17.2. The van der Waals surface area contributed by atoms with Crippen LogP contribution < -0.4 is 4.90 Å². The summed E-state index contributed by atoms with van der Waals surface area (Å²) in [4.78, 5) is 11.4. The molecule has 1 N–H and O–H groups in total. The second-order valence-electron chi connectivity index (χ2n) is 6.43. The van der Waals surface area contributed by atoms with Crippen molar-refractivity contribution in [1.29, 1.82) is 0 Å². The molecule has 1 aromatic heterocycles. The monoisotopic (exact) mass is 249 g/mol. The third kappa shape index (κ3) is 2.64. The summed E-state index contributed by atoms with van der Waals surface area (Å²) in [6, 6.07) is 2.05. The highest BCUT2D eigenvalue weighted by Crippen LogP contribution is 2.27. The van der Waals surface area contributed by atoms with Gasteiger partial charge in [-0.05, 0) is 0 Å². The van der Waals surface area contributed by atoms with E-state index < -0.39 is 0 Å². The van der Waals surface area contributed by atoms with Gasteiger partial charge in [-0.3, -0.25) is 0 Å². The van der Waals surface area contributed by atoms with Gasteiger partial charge in [0.1, 0.15) is 11.6 Å². The molecule has 4 heteroatoms. The molecule has 0 atom stereocenters. The minimum atomic E-state index is -0.208. The molecule has 2 heterocycles. The molecule has 1 aliphatic rings. The van der Waals surface area contributed by atoms with E-state index in [-0.39, 0.29) is 11.5 Å². The Morgan fingerprint density at radius 2 is 1.89 bits per heavy atom. The predicted octanol–water partition coefficient (Wildman–Crippen LogP) is 2.08. The van der Waals surface area contributed by atoms with Crippen LogP contribution in [0.5, 0.6) is 0 Å². The standard InChI is InChI=1S/C14H23N3O/c1-9(2)13-15-11(14(3,4)5)6-12(16-13)17-7-10(18)8-17/h6,9-10,18H,7-8H2,1-5H3. The summed E-state index contributed by atoms with van der Waals surface area (Å²) >= 11 is 0. The maximum absolute atomic E-state index is 9.40. The van der Waals surface area contributed by atoms with Gasteiger partial charge in [0.05, 0.1) is 11.8 Å².